The van der Waals surface area contributed by atoms with E-state index in [1.54, 1.807) is 12.3 Å². The first-order valence-electron chi connectivity index (χ1n) is 6.76. The van der Waals surface area contributed by atoms with Gasteiger partial charge in [0.25, 0.3) is 0 Å². The molecule has 1 saturated heterocycles. The fourth-order valence-electron chi connectivity index (χ4n) is 2.55. The van der Waals surface area contributed by atoms with Crippen molar-refractivity contribution in [1.29, 1.82) is 0 Å². The van der Waals surface area contributed by atoms with Crippen LogP contribution in [0.25, 0.3) is 0 Å². The lowest BCUT2D eigenvalue weighted by Crippen LogP contribution is -2.43. The molecule has 1 fully saturated rings. The van der Waals surface area contributed by atoms with Crippen molar-refractivity contribution in [2.45, 2.75) is 25.8 Å². The van der Waals surface area contributed by atoms with E-state index >= 15 is 0 Å². The minimum Gasteiger partial charge on any atom is -0.477 e. The quantitative estimate of drug-likeness (QED) is 0.896. The molecular formula is C14H21N3O2. The van der Waals surface area contributed by atoms with Gasteiger partial charge in [-0.05, 0) is 31.5 Å². The maximum atomic E-state index is 10.8. The fourth-order valence-corrected chi connectivity index (χ4v) is 2.55. The van der Waals surface area contributed by atoms with Gasteiger partial charge in [-0.15, -0.1) is 0 Å². The van der Waals surface area contributed by atoms with E-state index in [4.69, 9.17) is 5.11 Å². The second-order valence-electron chi connectivity index (χ2n) is 4.98. The Bertz CT molecular complexity index is 425. The maximum absolute atomic E-state index is 10.8. The van der Waals surface area contributed by atoms with E-state index in [2.05, 4.69) is 28.8 Å². The molecule has 1 aromatic heterocycles. The van der Waals surface area contributed by atoms with Gasteiger partial charge in [-0.3, -0.25) is 0 Å². The Morgan fingerprint density at radius 2 is 2.16 bits per heavy atom. The number of hydrogen-bond acceptors (Lipinski definition) is 4. The van der Waals surface area contributed by atoms with Crippen LogP contribution in [-0.2, 0) is 0 Å². The van der Waals surface area contributed by atoms with Gasteiger partial charge in [-0.1, -0.05) is 6.92 Å². The molecule has 5 heteroatoms. The lowest BCUT2D eigenvalue weighted by Gasteiger charge is -2.37. The van der Waals surface area contributed by atoms with Gasteiger partial charge in [0.2, 0.25) is 0 Å². The number of hydrogen-bond donors (Lipinski definition) is 1. The molecule has 5 nitrogen and oxygen atoms in total. The van der Waals surface area contributed by atoms with Crippen LogP contribution in [0, 0.1) is 0 Å². The fraction of sp³-hybridized carbons (Fsp3) is 0.571. The molecular weight excluding hydrogens is 242 g/mol. The first kappa shape index (κ1) is 13.8. The van der Waals surface area contributed by atoms with Gasteiger partial charge in [0.05, 0.1) is 11.9 Å². The molecule has 1 aliphatic heterocycles. The molecule has 104 valence electrons. The Balaban J connectivity index is 1.99. The Hall–Kier alpha value is -1.62. The highest BCUT2D eigenvalue weighted by Crippen LogP contribution is 2.21. The van der Waals surface area contributed by atoms with E-state index in [-0.39, 0.29) is 5.69 Å². The number of rotatable bonds is 4. The SMILES string of the molecule is CCN1CCC(N(C)c2ccc(C(=O)O)nc2)CC1. The predicted molar refractivity (Wildman–Crippen MR) is 74.7 cm³/mol. The van der Waals surface area contributed by atoms with E-state index in [0.29, 0.717) is 6.04 Å². The van der Waals surface area contributed by atoms with Crippen LogP contribution < -0.4 is 4.90 Å². The molecule has 0 atom stereocenters. The molecule has 0 aliphatic carbocycles. The van der Waals surface area contributed by atoms with Crippen molar-refractivity contribution in [2.24, 2.45) is 0 Å². The number of carboxylic acid groups (broad SMARTS) is 1. The Morgan fingerprint density at radius 1 is 1.47 bits per heavy atom. The number of aromatic carboxylic acids is 1. The summed E-state index contributed by atoms with van der Waals surface area (Å²) < 4.78 is 0. The zero-order valence-corrected chi connectivity index (χ0v) is 11.5. The summed E-state index contributed by atoms with van der Waals surface area (Å²) in [4.78, 5) is 19.4. The Labute approximate surface area is 113 Å². The van der Waals surface area contributed by atoms with Crippen molar-refractivity contribution >= 4 is 11.7 Å². The van der Waals surface area contributed by atoms with Crippen molar-refractivity contribution in [3.05, 3.63) is 24.0 Å². The number of nitrogens with zero attached hydrogens (tertiary/aromatic N) is 3. The summed E-state index contributed by atoms with van der Waals surface area (Å²) in [5.41, 5.74) is 1.08. The number of aromatic nitrogens is 1. The van der Waals surface area contributed by atoms with E-state index in [9.17, 15) is 4.79 Å². The molecule has 2 heterocycles. The summed E-state index contributed by atoms with van der Waals surface area (Å²) in [7, 11) is 2.06. The van der Waals surface area contributed by atoms with Crippen molar-refractivity contribution in [3.8, 4) is 0 Å². The van der Waals surface area contributed by atoms with E-state index in [1.807, 2.05) is 6.07 Å². The van der Waals surface area contributed by atoms with Crippen LogP contribution in [0.5, 0.6) is 0 Å². The largest absolute Gasteiger partial charge is 0.477 e. The van der Waals surface area contributed by atoms with E-state index in [0.717, 1.165) is 38.2 Å². The van der Waals surface area contributed by atoms with Crippen LogP contribution in [0.4, 0.5) is 5.69 Å². The van der Waals surface area contributed by atoms with Crippen molar-refractivity contribution in [3.63, 3.8) is 0 Å². The van der Waals surface area contributed by atoms with Crippen LogP contribution >= 0.6 is 0 Å². The first-order chi connectivity index (χ1) is 9.11. The smallest absolute Gasteiger partial charge is 0.354 e. The first-order valence-corrected chi connectivity index (χ1v) is 6.76. The summed E-state index contributed by atoms with van der Waals surface area (Å²) in [6.07, 6.45) is 3.94. The van der Waals surface area contributed by atoms with Gasteiger partial charge < -0.3 is 14.9 Å². The zero-order valence-electron chi connectivity index (χ0n) is 11.5. The molecule has 0 saturated carbocycles. The lowest BCUT2D eigenvalue weighted by atomic mass is 10.0. The van der Waals surface area contributed by atoms with Crippen LogP contribution in [0.1, 0.15) is 30.3 Å². The van der Waals surface area contributed by atoms with Gasteiger partial charge in [0, 0.05) is 26.2 Å². The standard InChI is InChI=1S/C14H21N3O2/c1-3-17-8-6-11(7-9-17)16(2)12-4-5-13(14(18)19)15-10-12/h4-5,10-11H,3,6-9H2,1-2H3,(H,18,19). The molecule has 0 bridgehead atoms. The average molecular weight is 263 g/mol. The van der Waals surface area contributed by atoms with Crippen molar-refractivity contribution in [1.82, 2.24) is 9.88 Å². The van der Waals surface area contributed by atoms with Crippen molar-refractivity contribution in [2.75, 3.05) is 31.6 Å². The van der Waals surface area contributed by atoms with Crippen molar-refractivity contribution < 1.29 is 9.90 Å². The molecule has 0 spiro atoms. The third kappa shape index (κ3) is 3.23. The van der Waals surface area contributed by atoms with E-state index < -0.39 is 5.97 Å². The highest BCUT2D eigenvalue weighted by atomic mass is 16.4. The highest BCUT2D eigenvalue weighted by Gasteiger charge is 2.22. The van der Waals surface area contributed by atoms with Gasteiger partial charge in [-0.25, -0.2) is 9.78 Å². The van der Waals surface area contributed by atoms with Crippen LogP contribution in [0.2, 0.25) is 0 Å². The normalized spacial score (nSPS) is 17.4. The molecule has 1 N–H and O–H groups in total. The average Bonchev–Trinajstić information content (AvgIpc) is 2.46. The molecule has 0 unspecified atom stereocenters. The van der Waals surface area contributed by atoms with Gasteiger partial charge in [-0.2, -0.15) is 0 Å². The van der Waals surface area contributed by atoms with Crippen LogP contribution in [0.15, 0.2) is 18.3 Å². The van der Waals surface area contributed by atoms with E-state index in [1.165, 1.54) is 0 Å². The molecule has 1 aromatic rings. The molecule has 0 radical (unpaired) electrons. The van der Waals surface area contributed by atoms with Gasteiger partial charge in [0.1, 0.15) is 5.69 Å². The molecule has 1 aliphatic rings. The Kier molecular flexibility index (Phi) is 4.37. The number of likely N-dealkylation sites (tertiary alicyclic amines) is 1. The van der Waals surface area contributed by atoms with Gasteiger partial charge >= 0.3 is 5.97 Å². The highest BCUT2D eigenvalue weighted by molar-refractivity contribution is 5.85. The van der Waals surface area contributed by atoms with Crippen LogP contribution in [-0.4, -0.2) is 53.7 Å². The summed E-state index contributed by atoms with van der Waals surface area (Å²) in [5.74, 6) is -0.981. The second kappa shape index (κ2) is 6.02. The molecule has 0 aromatic carbocycles. The summed E-state index contributed by atoms with van der Waals surface area (Å²) in [5, 5.41) is 8.84. The molecule has 19 heavy (non-hydrogen) atoms. The number of anilines is 1. The minimum absolute atomic E-state index is 0.0953. The second-order valence-corrected chi connectivity index (χ2v) is 4.98. The topological polar surface area (TPSA) is 56.7 Å². The molecule has 0 amide bonds. The van der Waals surface area contributed by atoms with Gasteiger partial charge in [0.15, 0.2) is 0 Å². The summed E-state index contributed by atoms with van der Waals surface area (Å²) >= 11 is 0. The molecule has 2 rings (SSSR count). The lowest BCUT2D eigenvalue weighted by molar-refractivity contribution is 0.0690. The monoisotopic (exact) mass is 263 g/mol. The minimum atomic E-state index is -0.981. The third-order valence-corrected chi connectivity index (χ3v) is 3.93. The number of carbonyl (C=O) groups is 1. The Morgan fingerprint density at radius 3 is 2.63 bits per heavy atom. The maximum Gasteiger partial charge on any atom is 0.354 e. The summed E-state index contributed by atoms with van der Waals surface area (Å²) in [6, 6.07) is 3.91. The number of piperidine rings is 1. The predicted octanol–water partition coefficient (Wildman–Crippen LogP) is 1.70. The van der Waals surface area contributed by atoms with Crippen LogP contribution in [0.3, 0.4) is 0 Å². The third-order valence-electron chi connectivity index (χ3n) is 3.93. The summed E-state index contributed by atoms with van der Waals surface area (Å²) in [6.45, 7) is 5.57. The number of carboxylic acids is 1. The number of pyridine rings is 1. The zero-order chi connectivity index (χ0) is 13.8.